The predicted octanol–water partition coefficient (Wildman–Crippen LogP) is 3.93. The van der Waals surface area contributed by atoms with Gasteiger partial charge in [-0.3, -0.25) is 0 Å². The van der Waals surface area contributed by atoms with Crippen LogP contribution in [0.2, 0.25) is 0 Å². The van der Waals surface area contributed by atoms with Gasteiger partial charge in [0.25, 0.3) is 0 Å². The summed E-state index contributed by atoms with van der Waals surface area (Å²) in [6.45, 7) is 2.48. The minimum atomic E-state index is -0.485. The largest absolute Gasteiger partial charge is 0.460 e. The van der Waals surface area contributed by atoms with E-state index in [0.717, 1.165) is 17.2 Å². The van der Waals surface area contributed by atoms with Crippen LogP contribution >= 0.6 is 0 Å². The average molecular weight is 339 g/mol. The van der Waals surface area contributed by atoms with Crippen molar-refractivity contribution >= 4 is 17.5 Å². The van der Waals surface area contributed by atoms with Gasteiger partial charge in [0.15, 0.2) is 0 Å². The van der Waals surface area contributed by atoms with Gasteiger partial charge in [-0.25, -0.2) is 13.9 Å². The average Bonchev–Trinajstić information content (AvgIpc) is 2.95. The molecule has 0 radical (unpaired) electrons. The highest BCUT2D eigenvalue weighted by Gasteiger charge is 2.09. The fraction of sp³-hybridized carbons (Fsp3) is 0.158. The van der Waals surface area contributed by atoms with Crippen LogP contribution in [0.15, 0.2) is 60.7 Å². The normalized spacial score (nSPS) is 10.5. The first kappa shape index (κ1) is 16.7. The third-order valence-electron chi connectivity index (χ3n) is 3.56. The Hall–Kier alpha value is -3.15. The van der Waals surface area contributed by atoms with E-state index in [1.54, 1.807) is 4.68 Å². The number of ether oxygens (including phenoxy) is 1. The topological polar surface area (TPSA) is 56.2 Å². The number of hydrogen-bond donors (Lipinski definition) is 1. The fourth-order valence-electron chi connectivity index (χ4n) is 2.38. The molecule has 0 spiro atoms. The maximum Gasteiger partial charge on any atom is 0.338 e. The van der Waals surface area contributed by atoms with E-state index >= 15 is 0 Å². The Labute approximate surface area is 145 Å². The molecular weight excluding hydrogens is 321 g/mol. The number of carbonyl (C=O) groups excluding carboxylic acids is 1. The van der Waals surface area contributed by atoms with Crippen LogP contribution in [0.3, 0.4) is 0 Å². The summed E-state index contributed by atoms with van der Waals surface area (Å²) in [4.78, 5) is 11.9. The molecule has 6 heteroatoms. The number of benzene rings is 2. The molecule has 0 aliphatic carbocycles. The van der Waals surface area contributed by atoms with Crippen molar-refractivity contribution in [3.63, 3.8) is 0 Å². The molecule has 1 heterocycles. The molecular formula is C19H18FN3O2. The lowest BCUT2D eigenvalue weighted by Gasteiger charge is -2.10. The summed E-state index contributed by atoms with van der Waals surface area (Å²) in [6, 6.07) is 16.9. The zero-order chi connectivity index (χ0) is 17.6. The summed E-state index contributed by atoms with van der Waals surface area (Å²) < 4.78 is 19.9. The van der Waals surface area contributed by atoms with Crippen LogP contribution in [0, 0.1) is 12.7 Å². The first-order chi connectivity index (χ1) is 12.1. The minimum Gasteiger partial charge on any atom is -0.460 e. The van der Waals surface area contributed by atoms with Crippen LogP contribution in [0.5, 0.6) is 0 Å². The van der Waals surface area contributed by atoms with Gasteiger partial charge in [0.1, 0.15) is 18.2 Å². The summed E-state index contributed by atoms with van der Waals surface area (Å²) in [6.07, 6.45) is 0. The second kappa shape index (κ2) is 7.61. The Balaban J connectivity index is 1.60. The van der Waals surface area contributed by atoms with Gasteiger partial charge in [-0.05, 0) is 43.3 Å². The first-order valence-electron chi connectivity index (χ1n) is 7.91. The molecule has 1 aromatic heterocycles. The molecule has 3 rings (SSSR count). The predicted molar refractivity (Wildman–Crippen MR) is 93.4 cm³/mol. The van der Waals surface area contributed by atoms with Crippen molar-refractivity contribution in [2.75, 3.05) is 11.9 Å². The van der Waals surface area contributed by atoms with Crippen LogP contribution in [0.4, 0.5) is 15.9 Å². The van der Waals surface area contributed by atoms with Gasteiger partial charge in [0, 0.05) is 11.8 Å². The van der Waals surface area contributed by atoms with E-state index in [1.807, 2.05) is 43.3 Å². The van der Waals surface area contributed by atoms with E-state index in [2.05, 4.69) is 10.4 Å². The van der Waals surface area contributed by atoms with Gasteiger partial charge in [0.05, 0.1) is 17.8 Å². The molecule has 0 aliphatic rings. The Morgan fingerprint density at radius 1 is 1.16 bits per heavy atom. The third kappa shape index (κ3) is 4.44. The van der Waals surface area contributed by atoms with E-state index in [0.29, 0.717) is 12.1 Å². The second-order valence-corrected chi connectivity index (χ2v) is 5.53. The molecule has 0 fully saturated rings. The molecule has 0 aliphatic heterocycles. The van der Waals surface area contributed by atoms with Crippen LogP contribution in [-0.2, 0) is 11.3 Å². The van der Waals surface area contributed by atoms with E-state index in [4.69, 9.17) is 4.74 Å². The molecule has 0 bridgehead atoms. The summed E-state index contributed by atoms with van der Waals surface area (Å²) in [5, 5.41) is 7.69. The summed E-state index contributed by atoms with van der Waals surface area (Å²) in [5.41, 5.74) is 2.14. The van der Waals surface area contributed by atoms with Crippen molar-refractivity contribution < 1.29 is 13.9 Å². The van der Waals surface area contributed by atoms with E-state index in [1.165, 1.54) is 24.3 Å². The lowest BCUT2D eigenvalue weighted by atomic mass is 10.2. The van der Waals surface area contributed by atoms with Gasteiger partial charge in [0.2, 0.25) is 0 Å². The second-order valence-electron chi connectivity index (χ2n) is 5.53. The van der Waals surface area contributed by atoms with Gasteiger partial charge in [-0.2, -0.15) is 5.10 Å². The third-order valence-corrected chi connectivity index (χ3v) is 3.56. The summed E-state index contributed by atoms with van der Waals surface area (Å²) >= 11 is 0. The van der Waals surface area contributed by atoms with Crippen molar-refractivity contribution in [3.8, 4) is 0 Å². The molecule has 1 N–H and O–H groups in total. The highest BCUT2D eigenvalue weighted by atomic mass is 19.1. The smallest absolute Gasteiger partial charge is 0.338 e. The number of aromatic nitrogens is 2. The molecule has 3 aromatic rings. The van der Waals surface area contributed by atoms with Crippen LogP contribution in [0.1, 0.15) is 16.1 Å². The first-order valence-corrected chi connectivity index (χ1v) is 7.91. The number of hydrogen-bond acceptors (Lipinski definition) is 4. The van der Waals surface area contributed by atoms with Crippen molar-refractivity contribution in [1.82, 2.24) is 9.78 Å². The number of carbonyl (C=O) groups is 1. The number of rotatable bonds is 6. The Morgan fingerprint density at radius 3 is 2.60 bits per heavy atom. The zero-order valence-corrected chi connectivity index (χ0v) is 13.8. The quantitative estimate of drug-likeness (QED) is 0.691. The lowest BCUT2D eigenvalue weighted by Crippen LogP contribution is -2.14. The van der Waals surface area contributed by atoms with Crippen LogP contribution in [0.25, 0.3) is 0 Å². The monoisotopic (exact) mass is 339 g/mol. The maximum absolute atomic E-state index is 12.9. The molecule has 2 aromatic carbocycles. The SMILES string of the molecule is Cc1cc(Nc2ccccc2)n(CCOC(=O)c2ccc(F)cc2)n1. The van der Waals surface area contributed by atoms with E-state index in [9.17, 15) is 9.18 Å². The van der Waals surface area contributed by atoms with Gasteiger partial charge in [-0.15, -0.1) is 0 Å². The molecule has 0 atom stereocenters. The Morgan fingerprint density at radius 2 is 1.88 bits per heavy atom. The van der Waals surface area contributed by atoms with Crippen molar-refractivity contribution in [1.29, 1.82) is 0 Å². The van der Waals surface area contributed by atoms with E-state index < -0.39 is 5.97 Å². The van der Waals surface area contributed by atoms with Gasteiger partial charge in [-0.1, -0.05) is 18.2 Å². The van der Waals surface area contributed by atoms with Gasteiger partial charge < -0.3 is 10.1 Å². The highest BCUT2D eigenvalue weighted by molar-refractivity contribution is 5.89. The Kier molecular flexibility index (Phi) is 5.09. The summed E-state index contributed by atoms with van der Waals surface area (Å²) in [7, 11) is 0. The molecule has 128 valence electrons. The molecule has 0 amide bonds. The van der Waals surface area contributed by atoms with Crippen LogP contribution < -0.4 is 5.32 Å². The Bertz CT molecular complexity index is 845. The number of esters is 1. The van der Waals surface area contributed by atoms with Crippen molar-refractivity contribution in [3.05, 3.63) is 77.7 Å². The molecule has 5 nitrogen and oxygen atoms in total. The zero-order valence-electron chi connectivity index (χ0n) is 13.8. The number of nitrogens with one attached hydrogen (secondary N) is 1. The number of halogens is 1. The maximum atomic E-state index is 12.9. The van der Waals surface area contributed by atoms with Crippen LogP contribution in [-0.4, -0.2) is 22.4 Å². The summed E-state index contributed by atoms with van der Waals surface area (Å²) in [5.74, 6) is -0.0526. The van der Waals surface area contributed by atoms with Crippen molar-refractivity contribution in [2.45, 2.75) is 13.5 Å². The number of para-hydroxylation sites is 1. The van der Waals surface area contributed by atoms with Gasteiger partial charge >= 0.3 is 5.97 Å². The number of aryl methyl sites for hydroxylation is 1. The molecule has 25 heavy (non-hydrogen) atoms. The molecule has 0 saturated heterocycles. The minimum absolute atomic E-state index is 0.167. The molecule has 0 unspecified atom stereocenters. The van der Waals surface area contributed by atoms with Crippen molar-refractivity contribution in [2.24, 2.45) is 0 Å². The highest BCUT2D eigenvalue weighted by Crippen LogP contribution is 2.17. The lowest BCUT2D eigenvalue weighted by molar-refractivity contribution is 0.0488. The van der Waals surface area contributed by atoms with E-state index in [-0.39, 0.29) is 12.4 Å². The fourth-order valence-corrected chi connectivity index (χ4v) is 2.38. The molecule has 0 saturated carbocycles. The number of nitrogens with zero attached hydrogens (tertiary/aromatic N) is 2. The standard InChI is InChI=1S/C19H18FN3O2/c1-14-13-18(21-17-5-3-2-4-6-17)23(22-14)11-12-25-19(24)15-7-9-16(20)10-8-15/h2-10,13,21H,11-12H2,1H3. The number of anilines is 2.